The van der Waals surface area contributed by atoms with Crippen molar-refractivity contribution in [3.8, 4) is 0 Å². The molecule has 0 aliphatic rings. The van der Waals surface area contributed by atoms with E-state index < -0.39 is 0 Å². The minimum atomic E-state index is -0.145. The third-order valence-electron chi connectivity index (χ3n) is 2.69. The lowest BCUT2D eigenvalue weighted by molar-refractivity contribution is 0.0961. The van der Waals surface area contributed by atoms with Gasteiger partial charge in [-0.3, -0.25) is 4.79 Å². The highest BCUT2D eigenvalue weighted by Crippen LogP contribution is 2.31. The molecule has 1 amide bonds. The van der Waals surface area contributed by atoms with Gasteiger partial charge in [-0.05, 0) is 24.3 Å². The lowest BCUT2D eigenvalue weighted by Crippen LogP contribution is -2.25. The maximum absolute atomic E-state index is 12.1. The van der Waals surface area contributed by atoms with Gasteiger partial charge in [-0.1, -0.05) is 0 Å². The van der Waals surface area contributed by atoms with E-state index in [4.69, 9.17) is 10.8 Å². The molecule has 0 aliphatic carbocycles. The van der Waals surface area contributed by atoms with Crippen LogP contribution < -0.4 is 11.1 Å². The Hall–Kier alpha value is -1.31. The van der Waals surface area contributed by atoms with E-state index in [1.165, 1.54) is 11.3 Å². The van der Waals surface area contributed by atoms with Crippen molar-refractivity contribution in [2.75, 3.05) is 30.4 Å². The molecule has 7 heteroatoms. The number of rotatable bonds is 7. The number of amides is 1. The normalized spacial score (nSPS) is 10.8. The maximum Gasteiger partial charge on any atom is 0.263 e. The number of thiophene rings is 1. The molecule has 0 saturated heterocycles. The summed E-state index contributed by atoms with van der Waals surface area (Å²) in [6, 6.07) is 3.68. The van der Waals surface area contributed by atoms with Crippen molar-refractivity contribution in [1.82, 2.24) is 10.3 Å². The molecule has 5 nitrogen and oxygen atoms in total. The zero-order valence-corrected chi connectivity index (χ0v) is 12.6. The van der Waals surface area contributed by atoms with Crippen LogP contribution in [-0.2, 0) is 0 Å². The van der Waals surface area contributed by atoms with Crippen LogP contribution in [0, 0.1) is 0 Å². The first-order valence-corrected chi connectivity index (χ1v) is 8.31. The van der Waals surface area contributed by atoms with Gasteiger partial charge in [0, 0.05) is 30.5 Å². The molecule has 0 unspecified atom stereocenters. The fourth-order valence-electron chi connectivity index (χ4n) is 1.71. The Labute approximate surface area is 125 Å². The predicted octanol–water partition coefficient (Wildman–Crippen LogP) is 1.72. The molecular weight excluding hydrogens is 294 g/mol. The van der Waals surface area contributed by atoms with Gasteiger partial charge < -0.3 is 16.2 Å². The summed E-state index contributed by atoms with van der Waals surface area (Å²) in [5.41, 5.74) is 6.49. The largest absolute Gasteiger partial charge is 0.397 e. The SMILES string of the molecule is Nc1c(C(=O)NCCSCCCO)sc2ncccc12. The van der Waals surface area contributed by atoms with E-state index in [-0.39, 0.29) is 12.5 Å². The molecule has 0 bridgehead atoms. The van der Waals surface area contributed by atoms with Gasteiger partial charge in [0.25, 0.3) is 5.91 Å². The molecule has 2 aromatic heterocycles. The van der Waals surface area contributed by atoms with Gasteiger partial charge in [-0.15, -0.1) is 11.3 Å². The quantitative estimate of drug-likeness (QED) is 0.678. The Kier molecular flexibility index (Phi) is 5.63. The highest BCUT2D eigenvalue weighted by atomic mass is 32.2. The molecule has 2 heterocycles. The average molecular weight is 311 g/mol. The molecule has 2 aromatic rings. The number of fused-ring (bicyclic) bond motifs is 1. The van der Waals surface area contributed by atoms with Crippen LogP contribution in [0.25, 0.3) is 10.2 Å². The van der Waals surface area contributed by atoms with Crippen LogP contribution >= 0.6 is 23.1 Å². The number of carbonyl (C=O) groups is 1. The van der Waals surface area contributed by atoms with Crippen LogP contribution in [0.5, 0.6) is 0 Å². The van der Waals surface area contributed by atoms with Gasteiger partial charge >= 0.3 is 0 Å². The molecule has 20 heavy (non-hydrogen) atoms. The first-order chi connectivity index (χ1) is 9.74. The molecule has 108 valence electrons. The highest BCUT2D eigenvalue weighted by Gasteiger charge is 2.16. The second-order valence-electron chi connectivity index (χ2n) is 4.15. The van der Waals surface area contributed by atoms with Gasteiger partial charge in [-0.25, -0.2) is 4.98 Å². The smallest absolute Gasteiger partial charge is 0.263 e. The average Bonchev–Trinajstić information content (AvgIpc) is 2.80. The van der Waals surface area contributed by atoms with Crippen LogP contribution in [0.3, 0.4) is 0 Å². The first kappa shape index (κ1) is 15.1. The molecule has 0 aliphatic heterocycles. The van der Waals surface area contributed by atoms with Crippen molar-refractivity contribution in [3.63, 3.8) is 0 Å². The van der Waals surface area contributed by atoms with E-state index in [1.807, 2.05) is 12.1 Å². The van der Waals surface area contributed by atoms with E-state index in [0.29, 0.717) is 17.1 Å². The monoisotopic (exact) mass is 311 g/mol. The zero-order valence-electron chi connectivity index (χ0n) is 11.0. The van der Waals surface area contributed by atoms with Crippen molar-refractivity contribution in [1.29, 1.82) is 0 Å². The van der Waals surface area contributed by atoms with Crippen molar-refractivity contribution in [2.45, 2.75) is 6.42 Å². The highest BCUT2D eigenvalue weighted by molar-refractivity contribution is 7.99. The molecule has 0 atom stereocenters. The van der Waals surface area contributed by atoms with Gasteiger partial charge in [0.2, 0.25) is 0 Å². The van der Waals surface area contributed by atoms with Crippen molar-refractivity contribution in [2.24, 2.45) is 0 Å². The minimum Gasteiger partial charge on any atom is -0.397 e. The third-order valence-corrected chi connectivity index (χ3v) is 4.89. The third kappa shape index (κ3) is 3.62. The minimum absolute atomic E-state index is 0.145. The summed E-state index contributed by atoms with van der Waals surface area (Å²) in [5, 5.41) is 12.3. The Morgan fingerprint density at radius 2 is 2.35 bits per heavy atom. The van der Waals surface area contributed by atoms with Crippen molar-refractivity contribution in [3.05, 3.63) is 23.2 Å². The lowest BCUT2D eigenvalue weighted by atomic mass is 10.2. The van der Waals surface area contributed by atoms with Crippen LogP contribution in [0.1, 0.15) is 16.1 Å². The van der Waals surface area contributed by atoms with Gasteiger partial charge in [-0.2, -0.15) is 11.8 Å². The number of nitrogens with two attached hydrogens (primary N) is 1. The van der Waals surface area contributed by atoms with Gasteiger partial charge in [0.05, 0.1) is 5.69 Å². The molecule has 0 spiro atoms. The van der Waals surface area contributed by atoms with Crippen molar-refractivity contribution >= 4 is 44.9 Å². The summed E-state index contributed by atoms with van der Waals surface area (Å²) in [7, 11) is 0. The summed E-state index contributed by atoms with van der Waals surface area (Å²) in [5.74, 6) is 1.59. The number of nitrogens with one attached hydrogen (secondary N) is 1. The summed E-state index contributed by atoms with van der Waals surface area (Å²) < 4.78 is 0. The molecule has 0 radical (unpaired) electrons. The molecular formula is C13H17N3O2S2. The standard InChI is InChI=1S/C13H17N3O2S2/c14-10-9-3-1-4-16-13(9)20-11(10)12(18)15-5-8-19-7-2-6-17/h1,3-4,17H,2,5-8,14H2,(H,15,18). The molecule has 2 rings (SSSR count). The van der Waals surface area contributed by atoms with Crippen LogP contribution in [0.4, 0.5) is 5.69 Å². The van der Waals surface area contributed by atoms with E-state index in [0.717, 1.165) is 28.1 Å². The van der Waals surface area contributed by atoms with E-state index in [2.05, 4.69) is 10.3 Å². The number of aliphatic hydroxyl groups excluding tert-OH is 1. The lowest BCUT2D eigenvalue weighted by Gasteiger charge is -2.04. The number of nitrogens with zero attached hydrogens (tertiary/aromatic N) is 1. The Morgan fingerprint density at radius 1 is 1.50 bits per heavy atom. The Morgan fingerprint density at radius 3 is 3.10 bits per heavy atom. The summed E-state index contributed by atoms with van der Waals surface area (Å²) >= 11 is 3.03. The number of carbonyl (C=O) groups excluding carboxylic acids is 1. The van der Waals surface area contributed by atoms with Crippen molar-refractivity contribution < 1.29 is 9.90 Å². The van der Waals surface area contributed by atoms with Gasteiger partial charge in [0.15, 0.2) is 0 Å². The van der Waals surface area contributed by atoms with Crippen LogP contribution in [-0.4, -0.2) is 40.7 Å². The number of aliphatic hydroxyl groups is 1. The number of hydrogen-bond donors (Lipinski definition) is 3. The zero-order chi connectivity index (χ0) is 14.4. The van der Waals surface area contributed by atoms with E-state index in [9.17, 15) is 4.79 Å². The second kappa shape index (κ2) is 7.47. The molecule has 0 aromatic carbocycles. The Balaban J connectivity index is 1.89. The molecule has 4 N–H and O–H groups in total. The van der Waals surface area contributed by atoms with Crippen LogP contribution in [0.2, 0.25) is 0 Å². The number of nitrogen functional groups attached to an aromatic ring is 1. The summed E-state index contributed by atoms with van der Waals surface area (Å²) in [4.78, 5) is 17.6. The van der Waals surface area contributed by atoms with Crippen LogP contribution in [0.15, 0.2) is 18.3 Å². The number of hydrogen-bond acceptors (Lipinski definition) is 6. The van der Waals surface area contributed by atoms with E-state index >= 15 is 0 Å². The predicted molar refractivity (Wildman–Crippen MR) is 85.4 cm³/mol. The number of pyridine rings is 1. The van der Waals surface area contributed by atoms with E-state index in [1.54, 1.807) is 18.0 Å². The topological polar surface area (TPSA) is 88.2 Å². The fourth-order valence-corrected chi connectivity index (χ4v) is 3.47. The Bertz CT molecular complexity index is 586. The molecule has 0 fully saturated rings. The van der Waals surface area contributed by atoms with Gasteiger partial charge in [0.1, 0.15) is 9.71 Å². The molecule has 0 saturated carbocycles. The second-order valence-corrected chi connectivity index (χ2v) is 6.37. The number of anilines is 1. The fraction of sp³-hybridized carbons (Fsp3) is 0.385. The first-order valence-electron chi connectivity index (χ1n) is 6.34. The number of thioether (sulfide) groups is 1. The summed E-state index contributed by atoms with van der Waals surface area (Å²) in [6.45, 7) is 0.806. The maximum atomic E-state index is 12.1. The summed E-state index contributed by atoms with van der Waals surface area (Å²) in [6.07, 6.45) is 2.48. The number of aromatic nitrogens is 1.